The van der Waals surface area contributed by atoms with Crippen molar-refractivity contribution < 1.29 is 9.53 Å². The van der Waals surface area contributed by atoms with Gasteiger partial charge in [-0.1, -0.05) is 32.0 Å². The molecular weight excluding hydrogens is 280 g/mol. The maximum atomic E-state index is 12.0. The number of esters is 1. The Morgan fingerprint density at radius 2 is 1.86 bits per heavy atom. The van der Waals surface area contributed by atoms with Crippen LogP contribution in [-0.2, 0) is 4.74 Å². The molecule has 0 aliphatic heterocycles. The van der Waals surface area contributed by atoms with Gasteiger partial charge in [-0.05, 0) is 26.0 Å². The largest absolute Gasteiger partial charge is 0.462 e. The number of para-hydroxylation sites is 1. The molecule has 0 radical (unpaired) electrons. The van der Waals surface area contributed by atoms with Crippen molar-refractivity contribution in [3.8, 4) is 0 Å². The van der Waals surface area contributed by atoms with E-state index in [0.29, 0.717) is 17.1 Å². The van der Waals surface area contributed by atoms with Crippen molar-refractivity contribution in [3.63, 3.8) is 0 Å². The van der Waals surface area contributed by atoms with E-state index in [1.165, 1.54) is 0 Å². The lowest BCUT2D eigenvalue weighted by atomic mass is 10.2. The van der Waals surface area contributed by atoms with E-state index in [-0.39, 0.29) is 12.6 Å². The van der Waals surface area contributed by atoms with Gasteiger partial charge in [0, 0.05) is 5.69 Å². The lowest BCUT2D eigenvalue weighted by Gasteiger charge is -2.12. The summed E-state index contributed by atoms with van der Waals surface area (Å²) in [5, 5.41) is 3.06. The Labute approximate surface area is 130 Å². The summed E-state index contributed by atoms with van der Waals surface area (Å²) in [7, 11) is 0. The van der Waals surface area contributed by atoms with Crippen LogP contribution in [0.4, 0.5) is 17.5 Å². The fraction of sp³-hybridized carbons (Fsp3) is 0.312. The maximum absolute atomic E-state index is 12.0. The third-order valence-electron chi connectivity index (χ3n) is 2.62. The van der Waals surface area contributed by atoms with Gasteiger partial charge >= 0.3 is 5.97 Å². The van der Waals surface area contributed by atoms with Gasteiger partial charge in [0.15, 0.2) is 5.82 Å². The van der Waals surface area contributed by atoms with E-state index in [2.05, 4.69) is 15.3 Å². The van der Waals surface area contributed by atoms with E-state index >= 15 is 0 Å². The molecule has 2 aromatic rings. The number of aromatic nitrogens is 2. The van der Waals surface area contributed by atoms with Gasteiger partial charge in [-0.2, -0.15) is 4.98 Å². The first-order valence-corrected chi connectivity index (χ1v) is 7.25. The highest BCUT2D eigenvalue weighted by molar-refractivity contribution is 5.96. The third-order valence-corrected chi connectivity index (χ3v) is 2.62. The minimum absolute atomic E-state index is 0.106. The Morgan fingerprint density at radius 3 is 2.45 bits per heavy atom. The summed E-state index contributed by atoms with van der Waals surface area (Å²) in [6, 6.07) is 9.38. The Bertz CT molecular complexity index is 615. The first-order valence-electron chi connectivity index (χ1n) is 7.25. The molecule has 0 bridgehead atoms. The monoisotopic (exact) mass is 302 g/mol. The zero-order valence-electron chi connectivity index (χ0n) is 13.4. The number of ether oxygens (including phenoxy) is 1. The molecule has 0 amide bonds. The second-order valence-corrected chi connectivity index (χ2v) is 4.10. The fourth-order valence-corrected chi connectivity index (χ4v) is 1.79. The average molecular weight is 302 g/mol. The van der Waals surface area contributed by atoms with Gasteiger partial charge in [0.05, 0.1) is 12.3 Å². The van der Waals surface area contributed by atoms with Gasteiger partial charge in [0.25, 0.3) is 0 Å². The molecule has 6 heteroatoms. The Kier molecular flexibility index (Phi) is 6.82. The summed E-state index contributed by atoms with van der Waals surface area (Å²) < 4.78 is 5.03. The number of nitrogen functional groups attached to an aromatic ring is 1. The van der Waals surface area contributed by atoms with Gasteiger partial charge in [-0.25, -0.2) is 9.78 Å². The number of aryl methyl sites for hydroxylation is 1. The number of nitrogens with two attached hydrogens (primary N) is 1. The smallest absolute Gasteiger partial charge is 0.343 e. The van der Waals surface area contributed by atoms with Crippen LogP contribution >= 0.6 is 0 Å². The van der Waals surface area contributed by atoms with Crippen LogP contribution < -0.4 is 11.1 Å². The van der Waals surface area contributed by atoms with Crippen molar-refractivity contribution >= 4 is 23.4 Å². The highest BCUT2D eigenvalue weighted by atomic mass is 16.5. The van der Waals surface area contributed by atoms with E-state index in [4.69, 9.17) is 10.5 Å². The predicted molar refractivity (Wildman–Crippen MR) is 88.2 cm³/mol. The van der Waals surface area contributed by atoms with Crippen LogP contribution in [0, 0.1) is 6.92 Å². The predicted octanol–water partition coefficient (Wildman–Crippen LogP) is 3.31. The maximum Gasteiger partial charge on any atom is 0.343 e. The second-order valence-electron chi connectivity index (χ2n) is 4.10. The molecule has 1 aromatic heterocycles. The summed E-state index contributed by atoms with van der Waals surface area (Å²) >= 11 is 0. The highest BCUT2D eigenvalue weighted by Crippen LogP contribution is 2.22. The topological polar surface area (TPSA) is 90.1 Å². The number of carbonyl (C=O) groups is 1. The number of hydrogen-bond donors (Lipinski definition) is 2. The van der Waals surface area contributed by atoms with Gasteiger partial charge in [0.2, 0.25) is 5.95 Å². The number of hydrogen-bond acceptors (Lipinski definition) is 6. The number of benzene rings is 1. The summed E-state index contributed by atoms with van der Waals surface area (Å²) in [6.07, 6.45) is 0. The summed E-state index contributed by atoms with van der Waals surface area (Å²) in [6.45, 7) is 7.73. The lowest BCUT2D eigenvalue weighted by Crippen LogP contribution is -2.14. The molecule has 2 rings (SSSR count). The average Bonchev–Trinajstić information content (AvgIpc) is 2.50. The fourth-order valence-electron chi connectivity index (χ4n) is 1.79. The number of carbonyl (C=O) groups excluding carboxylic acids is 1. The number of anilines is 3. The van der Waals surface area contributed by atoms with Gasteiger partial charge in [-0.3, -0.25) is 0 Å². The van der Waals surface area contributed by atoms with Crippen LogP contribution in [0.5, 0.6) is 0 Å². The zero-order chi connectivity index (χ0) is 16.5. The van der Waals surface area contributed by atoms with Crippen LogP contribution in [0.1, 0.15) is 36.8 Å². The first-order chi connectivity index (χ1) is 10.6. The third kappa shape index (κ3) is 4.44. The van der Waals surface area contributed by atoms with Gasteiger partial charge in [0.1, 0.15) is 5.56 Å². The molecule has 1 aromatic carbocycles. The molecule has 0 atom stereocenters. The molecule has 0 spiro atoms. The summed E-state index contributed by atoms with van der Waals surface area (Å²) in [5.41, 5.74) is 7.22. The molecule has 1 heterocycles. The molecule has 118 valence electrons. The standard InChI is InChI=1S/C14H16N4O2.C2H6/c1-3-20-13(19)11-9(2)16-14(15)18-12(11)17-10-7-5-4-6-8-10;1-2/h4-8H,3H2,1-2H3,(H3,15,16,17,18);1-2H3. The molecule has 0 saturated carbocycles. The van der Waals surface area contributed by atoms with Crippen LogP contribution in [0.3, 0.4) is 0 Å². The lowest BCUT2D eigenvalue weighted by molar-refractivity contribution is 0.0526. The highest BCUT2D eigenvalue weighted by Gasteiger charge is 2.19. The van der Waals surface area contributed by atoms with Crippen LogP contribution in [-0.4, -0.2) is 22.5 Å². The normalized spacial score (nSPS) is 9.45. The van der Waals surface area contributed by atoms with E-state index in [0.717, 1.165) is 5.69 Å². The van der Waals surface area contributed by atoms with Gasteiger partial charge in [-0.15, -0.1) is 0 Å². The summed E-state index contributed by atoms with van der Waals surface area (Å²) in [5.74, 6) is -0.0166. The second kappa shape index (κ2) is 8.61. The molecule has 0 saturated heterocycles. The van der Waals surface area contributed by atoms with Crippen LogP contribution in [0.25, 0.3) is 0 Å². The Morgan fingerprint density at radius 1 is 1.23 bits per heavy atom. The molecule has 0 fully saturated rings. The SMILES string of the molecule is CC.CCOC(=O)c1c(C)nc(N)nc1Nc1ccccc1. The van der Waals surface area contributed by atoms with E-state index in [1.807, 2.05) is 44.2 Å². The molecule has 3 N–H and O–H groups in total. The van der Waals surface area contributed by atoms with E-state index < -0.39 is 5.97 Å². The van der Waals surface area contributed by atoms with E-state index in [9.17, 15) is 4.79 Å². The minimum Gasteiger partial charge on any atom is -0.462 e. The molecule has 0 unspecified atom stereocenters. The number of nitrogens with zero attached hydrogens (tertiary/aromatic N) is 2. The number of nitrogens with one attached hydrogen (secondary N) is 1. The van der Waals surface area contributed by atoms with Crippen molar-refractivity contribution in [1.29, 1.82) is 0 Å². The summed E-state index contributed by atoms with van der Waals surface area (Å²) in [4.78, 5) is 20.1. The van der Waals surface area contributed by atoms with Gasteiger partial charge < -0.3 is 15.8 Å². The van der Waals surface area contributed by atoms with Crippen molar-refractivity contribution in [2.75, 3.05) is 17.7 Å². The molecule has 0 aliphatic carbocycles. The van der Waals surface area contributed by atoms with E-state index in [1.54, 1.807) is 13.8 Å². The van der Waals surface area contributed by atoms with Crippen molar-refractivity contribution in [3.05, 3.63) is 41.6 Å². The van der Waals surface area contributed by atoms with Crippen molar-refractivity contribution in [2.24, 2.45) is 0 Å². The van der Waals surface area contributed by atoms with Crippen molar-refractivity contribution in [1.82, 2.24) is 9.97 Å². The first kappa shape index (κ1) is 17.4. The molecular formula is C16H22N4O2. The van der Waals surface area contributed by atoms with Crippen molar-refractivity contribution in [2.45, 2.75) is 27.7 Å². The zero-order valence-corrected chi connectivity index (χ0v) is 13.4. The molecule has 6 nitrogen and oxygen atoms in total. The Balaban J connectivity index is 0.00000116. The Hall–Kier alpha value is -2.63. The number of rotatable bonds is 4. The molecule has 22 heavy (non-hydrogen) atoms. The minimum atomic E-state index is -0.469. The quantitative estimate of drug-likeness (QED) is 0.842. The molecule has 0 aliphatic rings. The van der Waals surface area contributed by atoms with Crippen LogP contribution in [0.2, 0.25) is 0 Å². The van der Waals surface area contributed by atoms with Crippen LogP contribution in [0.15, 0.2) is 30.3 Å².